The van der Waals surface area contributed by atoms with Crippen LogP contribution in [-0.2, 0) is 4.74 Å². The van der Waals surface area contributed by atoms with Gasteiger partial charge < -0.3 is 14.6 Å². The van der Waals surface area contributed by atoms with E-state index in [2.05, 4.69) is 29.9 Å². The fourth-order valence-corrected chi connectivity index (χ4v) is 3.42. The van der Waals surface area contributed by atoms with Crippen molar-refractivity contribution in [2.24, 2.45) is 0 Å². The van der Waals surface area contributed by atoms with Crippen molar-refractivity contribution in [3.8, 4) is 0 Å². The minimum atomic E-state index is -0.182. The van der Waals surface area contributed by atoms with Crippen molar-refractivity contribution in [3.05, 3.63) is 66.1 Å². The maximum Gasteiger partial charge on any atom is 0.274 e. The number of aromatic amines is 1. The van der Waals surface area contributed by atoms with Crippen molar-refractivity contribution in [1.82, 2.24) is 9.97 Å². The molecule has 0 unspecified atom stereocenters. The summed E-state index contributed by atoms with van der Waals surface area (Å²) in [6.07, 6.45) is 4.70. The number of hydrogen-bond donors (Lipinski definition) is 1. The number of pyridine rings is 1. The molecule has 0 spiro atoms. The molecule has 0 atom stereocenters. The van der Waals surface area contributed by atoms with Crippen LogP contribution in [0.2, 0.25) is 0 Å². The fraction of sp³-hybridized carbons (Fsp3) is 0.273. The van der Waals surface area contributed by atoms with Gasteiger partial charge in [-0.25, -0.2) is 0 Å². The number of fused-ring (bicyclic) bond motifs is 1. The number of rotatable bonds is 3. The summed E-state index contributed by atoms with van der Waals surface area (Å²) in [5.74, 6) is -0.0784. The first-order valence-electron chi connectivity index (χ1n) is 9.08. The molecule has 1 N–H and O–H groups in total. The van der Waals surface area contributed by atoms with E-state index in [1.807, 2.05) is 42.5 Å². The molecule has 3 heterocycles. The van der Waals surface area contributed by atoms with Crippen LogP contribution >= 0.6 is 0 Å². The van der Waals surface area contributed by atoms with Gasteiger partial charge in [0.05, 0.1) is 29.6 Å². The molecule has 5 heteroatoms. The second kappa shape index (κ2) is 6.67. The smallest absolute Gasteiger partial charge is 0.274 e. The van der Waals surface area contributed by atoms with Gasteiger partial charge in [0.15, 0.2) is 0 Å². The van der Waals surface area contributed by atoms with E-state index in [1.54, 1.807) is 18.1 Å². The summed E-state index contributed by atoms with van der Waals surface area (Å²) in [6.45, 7) is 4.77. The van der Waals surface area contributed by atoms with Gasteiger partial charge in [-0.2, -0.15) is 0 Å². The van der Waals surface area contributed by atoms with E-state index in [9.17, 15) is 4.79 Å². The van der Waals surface area contributed by atoms with Crippen LogP contribution in [0, 0.1) is 0 Å². The van der Waals surface area contributed by atoms with Gasteiger partial charge in [-0.15, -0.1) is 0 Å². The number of hydrogen-bond acceptors (Lipinski definition) is 3. The first-order valence-corrected chi connectivity index (χ1v) is 9.08. The minimum Gasteiger partial charge on any atom is -0.371 e. The summed E-state index contributed by atoms with van der Waals surface area (Å²) in [5, 5.41) is 0.981. The first kappa shape index (κ1) is 17.5. The van der Waals surface area contributed by atoms with E-state index >= 15 is 0 Å². The summed E-state index contributed by atoms with van der Waals surface area (Å²) >= 11 is 0. The number of benzene rings is 1. The van der Waals surface area contributed by atoms with Gasteiger partial charge in [0.1, 0.15) is 5.69 Å². The second-order valence-corrected chi connectivity index (χ2v) is 7.52. The molecular formula is C22H23N3O2. The topological polar surface area (TPSA) is 58.2 Å². The summed E-state index contributed by atoms with van der Waals surface area (Å²) in [6, 6.07) is 13.5. The SMILES string of the molecule is CN(C(=O)c1cc2cc(C3=CCOC(C)(C)C3)ncc2[nH]1)c1ccccc1. The van der Waals surface area contributed by atoms with Crippen molar-refractivity contribution in [2.45, 2.75) is 25.9 Å². The number of ether oxygens (including phenoxy) is 1. The third-order valence-electron chi connectivity index (χ3n) is 4.93. The molecular weight excluding hydrogens is 338 g/mol. The van der Waals surface area contributed by atoms with E-state index in [-0.39, 0.29) is 11.5 Å². The van der Waals surface area contributed by atoms with E-state index in [0.717, 1.165) is 28.7 Å². The van der Waals surface area contributed by atoms with Crippen LogP contribution in [0.5, 0.6) is 0 Å². The predicted octanol–water partition coefficient (Wildman–Crippen LogP) is 4.42. The molecule has 1 aromatic carbocycles. The van der Waals surface area contributed by atoms with E-state index < -0.39 is 0 Å². The average Bonchev–Trinajstić information content (AvgIpc) is 3.10. The summed E-state index contributed by atoms with van der Waals surface area (Å²) < 4.78 is 5.75. The Bertz CT molecular complexity index is 1020. The molecule has 0 saturated heterocycles. The zero-order valence-corrected chi connectivity index (χ0v) is 15.8. The lowest BCUT2D eigenvalue weighted by molar-refractivity contribution is -0.00306. The Hall–Kier alpha value is -2.92. The summed E-state index contributed by atoms with van der Waals surface area (Å²) in [5.41, 5.74) is 4.21. The molecule has 5 nitrogen and oxygen atoms in total. The second-order valence-electron chi connectivity index (χ2n) is 7.52. The molecule has 2 aromatic heterocycles. The van der Waals surface area contributed by atoms with Crippen molar-refractivity contribution in [2.75, 3.05) is 18.6 Å². The van der Waals surface area contributed by atoms with Crippen LogP contribution in [0.1, 0.15) is 36.5 Å². The molecule has 0 fully saturated rings. The molecule has 0 radical (unpaired) electrons. The lowest BCUT2D eigenvalue weighted by Gasteiger charge is -2.30. The first-order chi connectivity index (χ1) is 12.9. The van der Waals surface area contributed by atoms with Gasteiger partial charge in [0, 0.05) is 24.5 Å². The Balaban J connectivity index is 1.63. The molecule has 1 aliphatic rings. The van der Waals surface area contributed by atoms with Gasteiger partial charge in [-0.1, -0.05) is 24.3 Å². The fourth-order valence-electron chi connectivity index (χ4n) is 3.42. The molecule has 3 aromatic rings. The van der Waals surface area contributed by atoms with E-state index in [4.69, 9.17) is 4.74 Å². The predicted molar refractivity (Wildman–Crippen MR) is 108 cm³/mol. The zero-order valence-electron chi connectivity index (χ0n) is 15.8. The lowest BCUT2D eigenvalue weighted by Crippen LogP contribution is -2.28. The highest BCUT2D eigenvalue weighted by atomic mass is 16.5. The Morgan fingerprint density at radius 2 is 2.00 bits per heavy atom. The Morgan fingerprint density at radius 3 is 2.74 bits per heavy atom. The van der Waals surface area contributed by atoms with Crippen LogP contribution in [0.15, 0.2) is 54.7 Å². The highest BCUT2D eigenvalue weighted by molar-refractivity contribution is 6.07. The lowest BCUT2D eigenvalue weighted by atomic mass is 9.93. The molecule has 1 aliphatic heterocycles. The molecule has 0 saturated carbocycles. The molecule has 0 bridgehead atoms. The zero-order chi connectivity index (χ0) is 19.0. The third-order valence-corrected chi connectivity index (χ3v) is 4.93. The van der Waals surface area contributed by atoms with Crippen LogP contribution in [0.25, 0.3) is 16.5 Å². The highest BCUT2D eigenvalue weighted by Crippen LogP contribution is 2.31. The minimum absolute atomic E-state index is 0.0784. The number of amides is 1. The van der Waals surface area contributed by atoms with Gasteiger partial charge in [-0.3, -0.25) is 9.78 Å². The highest BCUT2D eigenvalue weighted by Gasteiger charge is 2.25. The molecule has 0 aliphatic carbocycles. The van der Waals surface area contributed by atoms with Crippen molar-refractivity contribution < 1.29 is 9.53 Å². The van der Waals surface area contributed by atoms with E-state index in [1.165, 1.54) is 5.57 Å². The summed E-state index contributed by atoms with van der Waals surface area (Å²) in [7, 11) is 1.78. The number of para-hydroxylation sites is 1. The standard InChI is InChI=1S/C22H23N3O2/c1-22(2)13-15(9-10-27-22)18-11-16-12-19(24-20(16)14-23-18)21(26)25(3)17-7-5-4-6-8-17/h4-9,11-12,14,24H,10,13H2,1-3H3. The number of aromatic nitrogens is 2. The third kappa shape index (κ3) is 3.51. The van der Waals surface area contributed by atoms with Gasteiger partial charge in [0.25, 0.3) is 5.91 Å². The Morgan fingerprint density at radius 1 is 1.22 bits per heavy atom. The number of anilines is 1. The molecule has 27 heavy (non-hydrogen) atoms. The van der Waals surface area contributed by atoms with Crippen molar-refractivity contribution in [1.29, 1.82) is 0 Å². The maximum atomic E-state index is 12.8. The molecule has 4 rings (SSSR count). The number of H-pyrrole nitrogens is 1. The van der Waals surface area contributed by atoms with Gasteiger partial charge >= 0.3 is 0 Å². The van der Waals surface area contributed by atoms with Crippen molar-refractivity contribution >= 4 is 28.1 Å². The van der Waals surface area contributed by atoms with E-state index in [0.29, 0.717) is 12.3 Å². The van der Waals surface area contributed by atoms with Crippen LogP contribution in [0.4, 0.5) is 5.69 Å². The Labute approximate surface area is 158 Å². The van der Waals surface area contributed by atoms with Crippen LogP contribution in [-0.4, -0.2) is 35.1 Å². The van der Waals surface area contributed by atoms with Crippen LogP contribution < -0.4 is 4.90 Å². The van der Waals surface area contributed by atoms with Crippen molar-refractivity contribution in [3.63, 3.8) is 0 Å². The maximum absolute atomic E-state index is 12.8. The largest absolute Gasteiger partial charge is 0.371 e. The monoisotopic (exact) mass is 361 g/mol. The number of carbonyl (C=O) groups is 1. The quantitative estimate of drug-likeness (QED) is 0.751. The average molecular weight is 361 g/mol. The number of nitrogens with zero attached hydrogens (tertiary/aromatic N) is 2. The number of nitrogens with one attached hydrogen (secondary N) is 1. The summed E-state index contributed by atoms with van der Waals surface area (Å²) in [4.78, 5) is 22.3. The van der Waals surface area contributed by atoms with Gasteiger partial charge in [0.2, 0.25) is 0 Å². The normalized spacial score (nSPS) is 16.2. The Kier molecular flexibility index (Phi) is 4.32. The molecule has 1 amide bonds. The number of carbonyl (C=O) groups excluding carboxylic acids is 1. The van der Waals surface area contributed by atoms with Crippen LogP contribution in [0.3, 0.4) is 0 Å². The molecule has 138 valence electrons. The van der Waals surface area contributed by atoms with Gasteiger partial charge in [-0.05, 0) is 43.7 Å².